The van der Waals surface area contributed by atoms with Crippen LogP contribution in [0.5, 0.6) is 0 Å². The Morgan fingerprint density at radius 1 is 1.47 bits per heavy atom. The number of nitrogens with one attached hydrogen (secondary N) is 1. The van der Waals surface area contributed by atoms with E-state index in [1.807, 2.05) is 6.92 Å². The van der Waals surface area contributed by atoms with E-state index in [1.54, 1.807) is 18.2 Å². The summed E-state index contributed by atoms with van der Waals surface area (Å²) in [5.74, 6) is -0.419. The summed E-state index contributed by atoms with van der Waals surface area (Å²) >= 11 is 0. The number of esters is 1. The van der Waals surface area contributed by atoms with Crippen molar-refractivity contribution in [1.29, 1.82) is 0 Å². The van der Waals surface area contributed by atoms with Crippen LogP contribution >= 0.6 is 0 Å². The Labute approximate surface area is 97.4 Å². The first-order valence-electron chi connectivity index (χ1n) is 5.27. The van der Waals surface area contributed by atoms with Gasteiger partial charge in [0.1, 0.15) is 5.69 Å². The van der Waals surface area contributed by atoms with Crippen molar-refractivity contribution >= 4 is 17.0 Å². The number of fused-ring (bicyclic) bond motifs is 1. The Morgan fingerprint density at radius 2 is 2.24 bits per heavy atom. The van der Waals surface area contributed by atoms with Gasteiger partial charge in [-0.2, -0.15) is 0 Å². The van der Waals surface area contributed by atoms with Crippen molar-refractivity contribution in [2.75, 3.05) is 7.11 Å². The van der Waals surface area contributed by atoms with Crippen LogP contribution < -0.4 is 5.56 Å². The zero-order valence-electron chi connectivity index (χ0n) is 9.61. The summed E-state index contributed by atoms with van der Waals surface area (Å²) in [6, 6.07) is 4.85. The molecular weight excluding hydrogens is 220 g/mol. The van der Waals surface area contributed by atoms with Gasteiger partial charge >= 0.3 is 5.97 Å². The summed E-state index contributed by atoms with van der Waals surface area (Å²) in [5.41, 5.74) is 1.89. The molecule has 17 heavy (non-hydrogen) atoms. The predicted octanol–water partition coefficient (Wildman–Crippen LogP) is 1.27. The third kappa shape index (κ3) is 2.04. The number of aromatic nitrogens is 2. The number of carbonyl (C=O) groups excluding carboxylic acids is 1. The molecule has 0 spiro atoms. The first-order chi connectivity index (χ1) is 8.15. The monoisotopic (exact) mass is 232 g/mol. The lowest BCUT2D eigenvalue weighted by Crippen LogP contribution is -2.14. The van der Waals surface area contributed by atoms with Crippen molar-refractivity contribution in [3.05, 3.63) is 39.8 Å². The Balaban J connectivity index is 2.64. The van der Waals surface area contributed by atoms with Gasteiger partial charge in [0.05, 0.1) is 23.7 Å². The highest BCUT2D eigenvalue weighted by atomic mass is 16.5. The fourth-order valence-electron chi connectivity index (χ4n) is 1.60. The van der Waals surface area contributed by atoms with E-state index in [-0.39, 0.29) is 5.56 Å². The summed E-state index contributed by atoms with van der Waals surface area (Å²) < 4.78 is 4.63. The highest BCUT2D eigenvalue weighted by Crippen LogP contribution is 2.11. The zero-order valence-corrected chi connectivity index (χ0v) is 9.61. The fraction of sp³-hybridized carbons (Fsp3) is 0.250. The van der Waals surface area contributed by atoms with Gasteiger partial charge in [-0.05, 0) is 24.6 Å². The van der Waals surface area contributed by atoms with Gasteiger partial charge in [0, 0.05) is 0 Å². The fourth-order valence-corrected chi connectivity index (χ4v) is 1.60. The molecule has 0 aliphatic rings. The molecule has 0 amide bonds. The molecule has 0 aliphatic carbocycles. The Hall–Kier alpha value is -2.17. The molecule has 0 saturated heterocycles. The molecule has 0 fully saturated rings. The lowest BCUT2D eigenvalue weighted by atomic mass is 10.2. The second-order valence-electron chi connectivity index (χ2n) is 3.59. The number of hydrogen-bond acceptors (Lipinski definition) is 4. The molecule has 5 heteroatoms. The summed E-state index contributed by atoms with van der Waals surface area (Å²) in [7, 11) is 1.32. The second kappa shape index (κ2) is 4.37. The normalized spacial score (nSPS) is 10.5. The van der Waals surface area contributed by atoms with Gasteiger partial charge in [-0.1, -0.05) is 6.92 Å². The third-order valence-corrected chi connectivity index (χ3v) is 2.52. The van der Waals surface area contributed by atoms with Crippen LogP contribution in [-0.2, 0) is 11.2 Å². The third-order valence-electron chi connectivity index (χ3n) is 2.52. The highest BCUT2D eigenvalue weighted by molar-refractivity contribution is 5.93. The molecule has 0 unspecified atom stereocenters. The largest absolute Gasteiger partial charge is 0.465 e. The highest BCUT2D eigenvalue weighted by Gasteiger charge is 2.08. The molecule has 0 aliphatic heterocycles. The Morgan fingerprint density at radius 3 is 2.88 bits per heavy atom. The molecule has 1 N–H and O–H groups in total. The smallest absolute Gasteiger partial charge is 0.337 e. The average Bonchev–Trinajstić information content (AvgIpc) is 2.36. The Kier molecular flexibility index (Phi) is 2.91. The number of carbonyl (C=O) groups is 1. The number of benzene rings is 1. The number of hydrogen-bond donors (Lipinski definition) is 1. The summed E-state index contributed by atoms with van der Waals surface area (Å²) in [6.07, 6.45) is 0.549. The molecule has 1 aromatic carbocycles. The lowest BCUT2D eigenvalue weighted by molar-refractivity contribution is 0.0601. The number of nitrogens with zero attached hydrogens (tertiary/aromatic N) is 1. The van der Waals surface area contributed by atoms with Crippen molar-refractivity contribution in [3.8, 4) is 0 Å². The van der Waals surface area contributed by atoms with E-state index in [0.717, 1.165) is 0 Å². The lowest BCUT2D eigenvalue weighted by Gasteiger charge is -2.03. The topological polar surface area (TPSA) is 72.0 Å². The maximum Gasteiger partial charge on any atom is 0.337 e. The van der Waals surface area contributed by atoms with E-state index in [0.29, 0.717) is 28.7 Å². The zero-order chi connectivity index (χ0) is 12.4. The second-order valence-corrected chi connectivity index (χ2v) is 3.59. The SMILES string of the molecule is CCc1nc2cc(C(=O)OC)ccc2[nH]c1=O. The molecule has 0 bridgehead atoms. The molecule has 2 aromatic rings. The van der Waals surface area contributed by atoms with E-state index in [9.17, 15) is 9.59 Å². The van der Waals surface area contributed by atoms with E-state index in [2.05, 4.69) is 14.7 Å². The standard InChI is InChI=1S/C12H12N2O3/c1-3-8-11(15)14-9-5-4-7(12(16)17-2)6-10(9)13-8/h4-6H,3H2,1-2H3,(H,14,15). The van der Waals surface area contributed by atoms with E-state index in [4.69, 9.17) is 0 Å². The molecular formula is C12H12N2O3. The van der Waals surface area contributed by atoms with E-state index in [1.165, 1.54) is 7.11 Å². The molecule has 0 saturated carbocycles. The number of aryl methyl sites for hydroxylation is 1. The van der Waals surface area contributed by atoms with Crippen molar-refractivity contribution in [2.45, 2.75) is 13.3 Å². The summed E-state index contributed by atoms with van der Waals surface area (Å²) in [4.78, 5) is 29.8. The molecule has 5 nitrogen and oxygen atoms in total. The number of aromatic amines is 1. The molecule has 1 aromatic heterocycles. The molecule has 2 rings (SSSR count). The quantitative estimate of drug-likeness (QED) is 0.791. The molecule has 0 atom stereocenters. The van der Waals surface area contributed by atoms with Crippen molar-refractivity contribution < 1.29 is 9.53 Å². The number of H-pyrrole nitrogens is 1. The van der Waals surface area contributed by atoms with Gasteiger partial charge in [-0.3, -0.25) is 4.79 Å². The molecule has 0 radical (unpaired) electrons. The van der Waals surface area contributed by atoms with Crippen LogP contribution in [0.1, 0.15) is 23.0 Å². The van der Waals surface area contributed by atoms with Crippen LogP contribution in [-0.4, -0.2) is 23.0 Å². The molecule has 88 valence electrons. The van der Waals surface area contributed by atoms with Crippen LogP contribution in [0.3, 0.4) is 0 Å². The van der Waals surface area contributed by atoms with E-state index >= 15 is 0 Å². The number of rotatable bonds is 2. The van der Waals surface area contributed by atoms with Crippen LogP contribution in [0.2, 0.25) is 0 Å². The van der Waals surface area contributed by atoms with Crippen LogP contribution in [0.4, 0.5) is 0 Å². The number of ether oxygens (including phenoxy) is 1. The Bertz CT molecular complexity index is 631. The summed E-state index contributed by atoms with van der Waals surface area (Å²) in [5, 5.41) is 0. The van der Waals surface area contributed by atoms with Gasteiger partial charge in [0.15, 0.2) is 0 Å². The minimum atomic E-state index is -0.419. The van der Waals surface area contributed by atoms with Crippen molar-refractivity contribution in [2.24, 2.45) is 0 Å². The van der Waals surface area contributed by atoms with Gasteiger partial charge in [0.2, 0.25) is 0 Å². The van der Waals surface area contributed by atoms with Crippen molar-refractivity contribution in [1.82, 2.24) is 9.97 Å². The van der Waals surface area contributed by atoms with Crippen molar-refractivity contribution in [3.63, 3.8) is 0 Å². The van der Waals surface area contributed by atoms with Gasteiger partial charge in [-0.25, -0.2) is 9.78 Å². The first kappa shape index (κ1) is 11.3. The maximum atomic E-state index is 11.5. The number of methoxy groups -OCH3 is 1. The van der Waals surface area contributed by atoms with Crippen LogP contribution in [0.25, 0.3) is 11.0 Å². The van der Waals surface area contributed by atoms with Gasteiger partial charge < -0.3 is 9.72 Å². The average molecular weight is 232 g/mol. The maximum absolute atomic E-state index is 11.5. The summed E-state index contributed by atoms with van der Waals surface area (Å²) in [6.45, 7) is 1.85. The molecule has 1 heterocycles. The van der Waals surface area contributed by atoms with Crippen LogP contribution in [0, 0.1) is 0 Å². The van der Waals surface area contributed by atoms with Crippen LogP contribution in [0.15, 0.2) is 23.0 Å². The minimum absolute atomic E-state index is 0.189. The minimum Gasteiger partial charge on any atom is -0.465 e. The predicted molar refractivity (Wildman–Crippen MR) is 63.1 cm³/mol. The van der Waals surface area contributed by atoms with Gasteiger partial charge in [-0.15, -0.1) is 0 Å². The van der Waals surface area contributed by atoms with Gasteiger partial charge in [0.25, 0.3) is 5.56 Å². The first-order valence-corrected chi connectivity index (χ1v) is 5.27. The van der Waals surface area contributed by atoms with E-state index < -0.39 is 5.97 Å².